The Bertz CT molecular complexity index is 353. The quantitative estimate of drug-likeness (QED) is 0.862. The van der Waals surface area contributed by atoms with Gasteiger partial charge in [-0.3, -0.25) is 4.79 Å². The summed E-state index contributed by atoms with van der Waals surface area (Å²) in [6.07, 6.45) is 7.88. The molecule has 0 bridgehead atoms. The first kappa shape index (κ1) is 15.1. The van der Waals surface area contributed by atoms with Crippen molar-refractivity contribution in [2.75, 3.05) is 20.1 Å². The number of nitrogens with zero attached hydrogens (tertiary/aromatic N) is 2. The molecule has 20 heavy (non-hydrogen) atoms. The second-order valence-electron chi connectivity index (χ2n) is 6.25. The van der Waals surface area contributed by atoms with Crippen LogP contribution < -0.4 is 0 Å². The number of hydrogen-bond acceptors (Lipinski definition) is 2. The van der Waals surface area contributed by atoms with Gasteiger partial charge in [0, 0.05) is 26.2 Å². The van der Waals surface area contributed by atoms with E-state index in [0.717, 1.165) is 25.8 Å². The van der Waals surface area contributed by atoms with Crippen LogP contribution in [0.1, 0.15) is 51.4 Å². The maximum atomic E-state index is 12.5. The third-order valence-electron chi connectivity index (χ3n) is 4.62. The lowest BCUT2D eigenvalue weighted by atomic mass is 9.99. The van der Waals surface area contributed by atoms with Crippen LogP contribution in [0.2, 0.25) is 0 Å². The van der Waals surface area contributed by atoms with Crippen molar-refractivity contribution < 1.29 is 14.7 Å². The maximum absolute atomic E-state index is 12.5. The molecule has 0 aromatic rings. The number of urea groups is 1. The van der Waals surface area contributed by atoms with Gasteiger partial charge in [0.1, 0.15) is 0 Å². The molecule has 2 rings (SSSR count). The predicted octanol–water partition coefficient (Wildman–Crippen LogP) is 2.56. The van der Waals surface area contributed by atoms with E-state index in [4.69, 9.17) is 5.11 Å². The summed E-state index contributed by atoms with van der Waals surface area (Å²) in [5.41, 5.74) is 0. The molecular formula is C15H26N2O3. The molecule has 0 radical (unpaired) electrons. The van der Waals surface area contributed by atoms with E-state index in [9.17, 15) is 9.59 Å². The SMILES string of the molecule is CN(CC1CCCC1)C(=O)N1CCCCC1CC(=O)O. The smallest absolute Gasteiger partial charge is 0.320 e. The molecule has 1 N–H and O–H groups in total. The lowest BCUT2D eigenvalue weighted by Crippen LogP contribution is -2.50. The topological polar surface area (TPSA) is 60.9 Å². The van der Waals surface area contributed by atoms with Crippen molar-refractivity contribution in [2.45, 2.75) is 57.4 Å². The van der Waals surface area contributed by atoms with Gasteiger partial charge in [-0.2, -0.15) is 0 Å². The molecule has 0 aromatic heterocycles. The molecular weight excluding hydrogens is 256 g/mol. The predicted molar refractivity (Wildman–Crippen MR) is 76.6 cm³/mol. The molecule has 0 spiro atoms. The third kappa shape index (κ3) is 3.87. The molecule has 1 aliphatic heterocycles. The van der Waals surface area contributed by atoms with Gasteiger partial charge in [-0.05, 0) is 38.0 Å². The summed E-state index contributed by atoms with van der Waals surface area (Å²) in [6, 6.07) is -0.109. The maximum Gasteiger partial charge on any atom is 0.320 e. The first-order valence-corrected chi connectivity index (χ1v) is 7.81. The number of amides is 2. The van der Waals surface area contributed by atoms with Crippen LogP contribution >= 0.6 is 0 Å². The van der Waals surface area contributed by atoms with Crippen LogP contribution in [0.25, 0.3) is 0 Å². The van der Waals surface area contributed by atoms with Crippen LogP contribution in [-0.4, -0.2) is 53.1 Å². The minimum absolute atomic E-state index is 0.0165. The Kier molecular flexibility index (Phi) is 5.26. The molecule has 5 nitrogen and oxygen atoms in total. The lowest BCUT2D eigenvalue weighted by molar-refractivity contribution is -0.138. The Labute approximate surface area is 120 Å². The van der Waals surface area contributed by atoms with Crippen molar-refractivity contribution in [2.24, 2.45) is 5.92 Å². The Morgan fingerprint density at radius 1 is 1.15 bits per heavy atom. The van der Waals surface area contributed by atoms with E-state index < -0.39 is 5.97 Å². The summed E-state index contributed by atoms with van der Waals surface area (Å²) in [5, 5.41) is 8.98. The highest BCUT2D eigenvalue weighted by atomic mass is 16.4. The van der Waals surface area contributed by atoms with Crippen molar-refractivity contribution >= 4 is 12.0 Å². The van der Waals surface area contributed by atoms with Gasteiger partial charge in [-0.1, -0.05) is 12.8 Å². The van der Waals surface area contributed by atoms with E-state index in [1.807, 2.05) is 7.05 Å². The zero-order valence-corrected chi connectivity index (χ0v) is 12.4. The largest absolute Gasteiger partial charge is 0.481 e. The third-order valence-corrected chi connectivity index (χ3v) is 4.62. The van der Waals surface area contributed by atoms with Gasteiger partial charge in [-0.25, -0.2) is 4.79 Å². The van der Waals surface area contributed by atoms with E-state index in [0.29, 0.717) is 12.5 Å². The standard InChI is InChI=1S/C15H26N2O3/c1-16(11-12-6-2-3-7-12)15(20)17-9-5-4-8-13(17)10-14(18)19/h12-13H,2-11H2,1H3,(H,18,19). The van der Waals surface area contributed by atoms with E-state index in [1.165, 1.54) is 25.7 Å². The molecule has 1 atom stereocenters. The molecule has 1 saturated heterocycles. The summed E-state index contributed by atoms with van der Waals surface area (Å²) in [5.74, 6) is -0.181. The summed E-state index contributed by atoms with van der Waals surface area (Å²) < 4.78 is 0. The van der Waals surface area contributed by atoms with Crippen LogP contribution in [-0.2, 0) is 4.79 Å². The molecule has 114 valence electrons. The number of piperidine rings is 1. The van der Waals surface area contributed by atoms with Crippen LogP contribution in [0.4, 0.5) is 4.79 Å². The van der Waals surface area contributed by atoms with Crippen molar-refractivity contribution in [3.8, 4) is 0 Å². The second kappa shape index (κ2) is 6.95. The number of carboxylic acids is 1. The zero-order valence-electron chi connectivity index (χ0n) is 12.4. The van der Waals surface area contributed by atoms with Crippen LogP contribution in [0.15, 0.2) is 0 Å². The number of carbonyl (C=O) groups excluding carboxylic acids is 1. The summed E-state index contributed by atoms with van der Waals surface area (Å²) in [6.45, 7) is 1.51. The van der Waals surface area contributed by atoms with Crippen molar-refractivity contribution in [3.63, 3.8) is 0 Å². The van der Waals surface area contributed by atoms with E-state index in [2.05, 4.69) is 0 Å². The van der Waals surface area contributed by atoms with Gasteiger partial charge in [0.25, 0.3) is 0 Å². The zero-order chi connectivity index (χ0) is 14.5. The highest BCUT2D eigenvalue weighted by Gasteiger charge is 2.31. The molecule has 1 aliphatic carbocycles. The number of carboxylic acid groups (broad SMARTS) is 1. The molecule has 5 heteroatoms. The summed E-state index contributed by atoms with van der Waals surface area (Å²) in [4.78, 5) is 27.1. The lowest BCUT2D eigenvalue weighted by Gasteiger charge is -2.38. The summed E-state index contributed by atoms with van der Waals surface area (Å²) >= 11 is 0. The fraction of sp³-hybridized carbons (Fsp3) is 0.867. The number of likely N-dealkylation sites (tertiary alicyclic amines) is 1. The normalized spacial score (nSPS) is 23.9. The number of rotatable bonds is 4. The molecule has 2 fully saturated rings. The first-order valence-electron chi connectivity index (χ1n) is 7.81. The average Bonchev–Trinajstić information content (AvgIpc) is 2.90. The second-order valence-corrected chi connectivity index (χ2v) is 6.25. The number of carbonyl (C=O) groups is 2. The Balaban J connectivity index is 1.91. The molecule has 2 amide bonds. The van der Waals surface area contributed by atoms with Crippen LogP contribution in [0, 0.1) is 5.92 Å². The van der Waals surface area contributed by atoms with Crippen LogP contribution in [0.3, 0.4) is 0 Å². The first-order chi connectivity index (χ1) is 9.58. The Hall–Kier alpha value is -1.26. The molecule has 2 aliphatic rings. The fourth-order valence-corrected chi connectivity index (χ4v) is 3.54. The van der Waals surface area contributed by atoms with Gasteiger partial charge in [0.15, 0.2) is 0 Å². The summed E-state index contributed by atoms with van der Waals surface area (Å²) in [7, 11) is 1.85. The van der Waals surface area contributed by atoms with Gasteiger partial charge >= 0.3 is 12.0 Å². The van der Waals surface area contributed by atoms with Crippen molar-refractivity contribution in [1.82, 2.24) is 9.80 Å². The molecule has 1 unspecified atom stereocenters. The van der Waals surface area contributed by atoms with Crippen molar-refractivity contribution in [1.29, 1.82) is 0 Å². The highest BCUT2D eigenvalue weighted by Crippen LogP contribution is 2.26. The van der Waals surface area contributed by atoms with Gasteiger partial charge < -0.3 is 14.9 Å². The average molecular weight is 282 g/mol. The number of hydrogen-bond donors (Lipinski definition) is 1. The Morgan fingerprint density at radius 3 is 2.45 bits per heavy atom. The minimum Gasteiger partial charge on any atom is -0.481 e. The van der Waals surface area contributed by atoms with E-state index in [-0.39, 0.29) is 18.5 Å². The van der Waals surface area contributed by atoms with E-state index in [1.54, 1.807) is 9.80 Å². The number of aliphatic carboxylic acids is 1. The molecule has 0 aromatic carbocycles. The van der Waals surface area contributed by atoms with Gasteiger partial charge in [0.2, 0.25) is 0 Å². The monoisotopic (exact) mass is 282 g/mol. The fourth-order valence-electron chi connectivity index (χ4n) is 3.54. The molecule has 1 heterocycles. The van der Waals surface area contributed by atoms with E-state index >= 15 is 0 Å². The van der Waals surface area contributed by atoms with Gasteiger partial charge in [-0.15, -0.1) is 0 Å². The van der Waals surface area contributed by atoms with Gasteiger partial charge in [0.05, 0.1) is 6.42 Å². The minimum atomic E-state index is -0.812. The van der Waals surface area contributed by atoms with Crippen molar-refractivity contribution in [3.05, 3.63) is 0 Å². The highest BCUT2D eigenvalue weighted by molar-refractivity contribution is 5.76. The Morgan fingerprint density at radius 2 is 1.80 bits per heavy atom. The molecule has 1 saturated carbocycles. The van der Waals surface area contributed by atoms with Crippen LogP contribution in [0.5, 0.6) is 0 Å².